The van der Waals surface area contributed by atoms with E-state index in [4.69, 9.17) is 0 Å². The molecule has 2 unspecified atom stereocenters. The molecule has 9 heteroatoms. The van der Waals surface area contributed by atoms with Gasteiger partial charge in [-0.2, -0.15) is 5.26 Å². The maximum absolute atomic E-state index is 13.5. The van der Waals surface area contributed by atoms with Crippen LogP contribution in [0.25, 0.3) is 6.08 Å². The number of anilines is 2. The molecule has 228 valence electrons. The smallest absolute Gasteiger partial charge is 0.272 e. The minimum absolute atomic E-state index is 0.102. The summed E-state index contributed by atoms with van der Waals surface area (Å²) in [5.41, 5.74) is 4.49. The van der Waals surface area contributed by atoms with Crippen LogP contribution < -0.4 is 16.0 Å². The number of carbonyl (C=O) groups excluding carboxylic acids is 3. The standard InChI is InChI=1S/C36H34N4O3S2/c1-22-16-17-29-30(21-37)36(45-32(29)18-22)40-33(41)24(3)44-28-15-9-14-27(20-28)38-35(43)31(19-26-13-8-7-10-23(26)2)39-34(42)25-11-5-4-6-12-25/h4-15,19-20,22,24H,16-18H2,1-3H3,(H,38,43)(H,39,42)(H,40,41)/b31-19-. The fraction of sp³-hybridized carbons (Fsp3) is 0.222. The zero-order valence-corrected chi connectivity index (χ0v) is 27.0. The Morgan fingerprint density at radius 3 is 2.53 bits per heavy atom. The van der Waals surface area contributed by atoms with E-state index in [0.29, 0.717) is 27.7 Å². The highest BCUT2D eigenvalue weighted by molar-refractivity contribution is 8.00. The highest BCUT2D eigenvalue weighted by atomic mass is 32.2. The van der Waals surface area contributed by atoms with Crippen LogP contribution in [0.3, 0.4) is 0 Å². The van der Waals surface area contributed by atoms with Gasteiger partial charge in [0.2, 0.25) is 5.91 Å². The van der Waals surface area contributed by atoms with Crippen LogP contribution in [0, 0.1) is 24.2 Å². The number of thioether (sulfide) groups is 1. The Bertz CT molecular complexity index is 1810. The summed E-state index contributed by atoms with van der Waals surface area (Å²) in [5, 5.41) is 18.6. The molecule has 3 N–H and O–H groups in total. The van der Waals surface area contributed by atoms with Crippen LogP contribution in [-0.4, -0.2) is 23.0 Å². The maximum Gasteiger partial charge on any atom is 0.272 e. The third kappa shape index (κ3) is 7.90. The quantitative estimate of drug-likeness (QED) is 0.130. The molecule has 45 heavy (non-hydrogen) atoms. The fourth-order valence-corrected chi connectivity index (χ4v) is 7.41. The van der Waals surface area contributed by atoms with Gasteiger partial charge >= 0.3 is 0 Å². The topological polar surface area (TPSA) is 111 Å². The number of nitrogens with zero attached hydrogens (tertiary/aromatic N) is 1. The van der Waals surface area contributed by atoms with E-state index in [1.807, 2.05) is 50.2 Å². The molecule has 1 aliphatic rings. The number of benzene rings is 3. The second-order valence-corrected chi connectivity index (χ2v) is 13.7. The zero-order chi connectivity index (χ0) is 31.9. The van der Waals surface area contributed by atoms with Gasteiger partial charge in [-0.15, -0.1) is 23.1 Å². The summed E-state index contributed by atoms with van der Waals surface area (Å²) in [4.78, 5) is 41.7. The molecule has 1 heterocycles. The number of amides is 3. The first-order chi connectivity index (χ1) is 21.7. The van der Waals surface area contributed by atoms with Crippen molar-refractivity contribution in [3.8, 4) is 6.07 Å². The van der Waals surface area contributed by atoms with Crippen molar-refractivity contribution in [3.05, 3.63) is 117 Å². The SMILES string of the molecule is Cc1ccccc1/C=C(\NC(=O)c1ccccc1)C(=O)Nc1cccc(SC(C)C(=O)Nc2sc3c(c2C#N)CCC(C)C3)c1. The van der Waals surface area contributed by atoms with Crippen molar-refractivity contribution < 1.29 is 14.4 Å². The van der Waals surface area contributed by atoms with E-state index in [0.717, 1.165) is 40.8 Å². The molecule has 0 saturated carbocycles. The molecule has 0 spiro atoms. The summed E-state index contributed by atoms with van der Waals surface area (Å²) in [6.07, 6.45) is 4.51. The van der Waals surface area contributed by atoms with E-state index in [-0.39, 0.29) is 11.6 Å². The number of thiophene rings is 1. The van der Waals surface area contributed by atoms with Gasteiger partial charge in [-0.1, -0.05) is 55.5 Å². The third-order valence-corrected chi connectivity index (χ3v) is 9.91. The Labute approximate surface area is 271 Å². The van der Waals surface area contributed by atoms with Crippen LogP contribution in [0.1, 0.15) is 57.8 Å². The second-order valence-electron chi connectivity index (χ2n) is 11.1. The predicted molar refractivity (Wildman–Crippen MR) is 182 cm³/mol. The molecule has 2 atom stereocenters. The third-order valence-electron chi connectivity index (χ3n) is 7.65. The molecule has 3 amide bonds. The summed E-state index contributed by atoms with van der Waals surface area (Å²) in [7, 11) is 0. The van der Waals surface area contributed by atoms with Crippen molar-refractivity contribution in [2.45, 2.75) is 50.2 Å². The molecule has 5 rings (SSSR count). The normalized spacial score (nSPS) is 14.9. The van der Waals surface area contributed by atoms with Gasteiger partial charge in [0, 0.05) is 21.0 Å². The summed E-state index contributed by atoms with van der Waals surface area (Å²) in [5.74, 6) is -0.488. The first-order valence-corrected chi connectivity index (χ1v) is 16.5. The van der Waals surface area contributed by atoms with Gasteiger partial charge in [-0.25, -0.2) is 0 Å². The van der Waals surface area contributed by atoms with Crippen molar-refractivity contribution in [2.24, 2.45) is 5.92 Å². The van der Waals surface area contributed by atoms with Crippen LogP contribution in [0.4, 0.5) is 10.7 Å². The molecule has 7 nitrogen and oxygen atoms in total. The molecule has 0 aliphatic heterocycles. The minimum atomic E-state index is -0.476. The molecule has 0 saturated heterocycles. The number of nitriles is 1. The van der Waals surface area contributed by atoms with Crippen molar-refractivity contribution in [2.75, 3.05) is 10.6 Å². The lowest BCUT2D eigenvalue weighted by Crippen LogP contribution is -2.30. The molecule has 1 aromatic heterocycles. The van der Waals surface area contributed by atoms with E-state index in [1.165, 1.54) is 28.0 Å². The summed E-state index contributed by atoms with van der Waals surface area (Å²) in [6.45, 7) is 5.96. The summed E-state index contributed by atoms with van der Waals surface area (Å²) < 4.78 is 0. The zero-order valence-electron chi connectivity index (χ0n) is 25.3. The molecule has 1 aliphatic carbocycles. The van der Waals surface area contributed by atoms with E-state index in [9.17, 15) is 19.6 Å². The number of nitrogens with one attached hydrogen (secondary N) is 3. The van der Waals surface area contributed by atoms with Crippen LogP contribution in [0.2, 0.25) is 0 Å². The maximum atomic E-state index is 13.5. The lowest BCUT2D eigenvalue weighted by atomic mass is 9.89. The molecular weight excluding hydrogens is 601 g/mol. The number of aryl methyl sites for hydroxylation is 1. The van der Waals surface area contributed by atoms with Gasteiger partial charge in [0.1, 0.15) is 16.8 Å². The Morgan fingerprint density at radius 1 is 1.02 bits per heavy atom. The van der Waals surface area contributed by atoms with E-state index < -0.39 is 17.1 Å². The molecule has 3 aromatic carbocycles. The predicted octanol–water partition coefficient (Wildman–Crippen LogP) is 7.58. The Morgan fingerprint density at radius 2 is 1.78 bits per heavy atom. The van der Waals surface area contributed by atoms with Gasteiger partial charge in [-0.05, 0) is 92.1 Å². The number of fused-ring (bicyclic) bond motifs is 1. The lowest BCUT2D eigenvalue weighted by molar-refractivity contribution is -0.115. The number of hydrogen-bond acceptors (Lipinski definition) is 6. The van der Waals surface area contributed by atoms with Crippen molar-refractivity contribution in [1.82, 2.24) is 5.32 Å². The van der Waals surface area contributed by atoms with Crippen molar-refractivity contribution in [1.29, 1.82) is 5.26 Å². The monoisotopic (exact) mass is 634 g/mol. The van der Waals surface area contributed by atoms with Gasteiger partial charge in [0.25, 0.3) is 11.8 Å². The van der Waals surface area contributed by atoms with E-state index in [1.54, 1.807) is 48.5 Å². The number of hydrogen-bond donors (Lipinski definition) is 3. The lowest BCUT2D eigenvalue weighted by Gasteiger charge is -2.17. The first kappa shape index (κ1) is 31.8. The number of carbonyl (C=O) groups is 3. The van der Waals surface area contributed by atoms with Crippen LogP contribution in [0.15, 0.2) is 89.5 Å². The fourth-order valence-electron chi connectivity index (χ4n) is 5.12. The highest BCUT2D eigenvalue weighted by Crippen LogP contribution is 2.39. The molecule has 0 fully saturated rings. The van der Waals surface area contributed by atoms with Crippen LogP contribution >= 0.6 is 23.1 Å². The van der Waals surface area contributed by atoms with Crippen LogP contribution in [0.5, 0.6) is 0 Å². The minimum Gasteiger partial charge on any atom is -0.321 e. The second kappa shape index (κ2) is 14.4. The van der Waals surface area contributed by atoms with Gasteiger partial charge < -0.3 is 16.0 Å². The highest BCUT2D eigenvalue weighted by Gasteiger charge is 2.26. The average Bonchev–Trinajstić information content (AvgIpc) is 3.37. The average molecular weight is 635 g/mol. The van der Waals surface area contributed by atoms with Gasteiger partial charge in [0.05, 0.1) is 10.8 Å². The van der Waals surface area contributed by atoms with Gasteiger partial charge in [-0.3, -0.25) is 14.4 Å². The Balaban J connectivity index is 1.29. The van der Waals surface area contributed by atoms with E-state index >= 15 is 0 Å². The summed E-state index contributed by atoms with van der Waals surface area (Å²) in [6, 6.07) is 25.9. The first-order valence-electron chi connectivity index (χ1n) is 14.8. The van der Waals surface area contributed by atoms with E-state index in [2.05, 4.69) is 28.9 Å². The molecule has 0 radical (unpaired) electrons. The van der Waals surface area contributed by atoms with Crippen molar-refractivity contribution >= 4 is 57.6 Å². The van der Waals surface area contributed by atoms with Crippen molar-refractivity contribution in [3.63, 3.8) is 0 Å². The molecule has 4 aromatic rings. The Kier molecular flexibility index (Phi) is 10.2. The Hall–Kier alpha value is -4.65. The summed E-state index contributed by atoms with van der Waals surface area (Å²) >= 11 is 2.87. The molecular formula is C36H34N4O3S2. The van der Waals surface area contributed by atoms with Gasteiger partial charge in [0.15, 0.2) is 0 Å². The molecule has 0 bridgehead atoms. The van der Waals surface area contributed by atoms with Crippen LogP contribution in [-0.2, 0) is 22.4 Å². The largest absolute Gasteiger partial charge is 0.321 e. The number of rotatable bonds is 9.